The summed E-state index contributed by atoms with van der Waals surface area (Å²) in [6.07, 6.45) is -1.48. The molecule has 0 unspecified atom stereocenters. The van der Waals surface area contributed by atoms with Gasteiger partial charge in [0.25, 0.3) is 6.43 Å². The summed E-state index contributed by atoms with van der Waals surface area (Å²) in [5.41, 5.74) is 0. The third-order valence-electron chi connectivity index (χ3n) is 1.38. The van der Waals surface area contributed by atoms with Crippen molar-refractivity contribution in [2.75, 3.05) is 26.4 Å². The lowest BCUT2D eigenvalue weighted by Gasteiger charge is -2.03. The molecule has 0 saturated carbocycles. The number of carbonyl (C=O) groups excluding carboxylic acids is 1. The number of hydrogen-bond donors (Lipinski definition) is 0. The molecule has 0 aromatic heterocycles. The largest absolute Gasteiger partial charge is 0.375 e. The number of carbonyl (C=O) groups is 1. The van der Waals surface area contributed by atoms with E-state index in [-0.39, 0.29) is 25.4 Å². The van der Waals surface area contributed by atoms with E-state index in [0.29, 0.717) is 6.61 Å². The van der Waals surface area contributed by atoms with Crippen molar-refractivity contribution in [1.82, 2.24) is 0 Å². The summed E-state index contributed by atoms with van der Waals surface area (Å²) in [5, 5.41) is 0. The van der Waals surface area contributed by atoms with Crippen LogP contribution in [0.2, 0.25) is 0 Å². The molecular formula is C9H16F2O3. The van der Waals surface area contributed by atoms with Crippen LogP contribution in [-0.2, 0) is 14.3 Å². The Labute approximate surface area is 82.4 Å². The van der Waals surface area contributed by atoms with Crippen LogP contribution in [0.3, 0.4) is 0 Å². The van der Waals surface area contributed by atoms with Crippen molar-refractivity contribution in [1.29, 1.82) is 0 Å². The molecule has 0 spiro atoms. The molecule has 14 heavy (non-hydrogen) atoms. The second-order valence-corrected chi connectivity index (χ2v) is 2.81. The first-order valence-corrected chi connectivity index (χ1v) is 4.62. The second-order valence-electron chi connectivity index (χ2n) is 2.81. The van der Waals surface area contributed by atoms with E-state index >= 15 is 0 Å². The molecule has 0 atom stereocenters. The molecule has 0 saturated heterocycles. The maximum absolute atomic E-state index is 11.6. The maximum Gasteiger partial charge on any atom is 0.261 e. The molecule has 0 aromatic rings. The molecule has 0 aliphatic heterocycles. The zero-order valence-electron chi connectivity index (χ0n) is 8.30. The first kappa shape index (κ1) is 13.4. The van der Waals surface area contributed by atoms with Gasteiger partial charge in [0.1, 0.15) is 13.2 Å². The fraction of sp³-hybridized carbons (Fsp3) is 0.889. The van der Waals surface area contributed by atoms with Crippen molar-refractivity contribution in [3.05, 3.63) is 0 Å². The average molecular weight is 210 g/mol. The molecule has 0 rings (SSSR count). The van der Waals surface area contributed by atoms with Gasteiger partial charge in [-0.3, -0.25) is 4.79 Å². The van der Waals surface area contributed by atoms with Crippen LogP contribution in [0.15, 0.2) is 0 Å². The zero-order chi connectivity index (χ0) is 10.8. The molecule has 0 fully saturated rings. The minimum atomic E-state index is -2.47. The van der Waals surface area contributed by atoms with Crippen LogP contribution in [0.4, 0.5) is 8.78 Å². The lowest BCUT2D eigenvalue weighted by atomic mass is 10.3. The highest BCUT2D eigenvalue weighted by Gasteiger charge is 2.04. The number of halogens is 2. The Morgan fingerprint density at radius 2 is 2.00 bits per heavy atom. The highest BCUT2D eigenvalue weighted by Crippen LogP contribution is 1.94. The molecule has 5 heteroatoms. The number of ether oxygens (including phenoxy) is 2. The molecule has 0 aliphatic carbocycles. The fourth-order valence-corrected chi connectivity index (χ4v) is 0.761. The monoisotopic (exact) mass is 210 g/mol. The molecule has 3 nitrogen and oxygen atoms in total. The molecule has 0 N–H and O–H groups in total. The van der Waals surface area contributed by atoms with Gasteiger partial charge in [0.2, 0.25) is 0 Å². The molecular weight excluding hydrogens is 194 g/mol. The summed E-state index contributed by atoms with van der Waals surface area (Å²) in [6, 6.07) is 0. The lowest BCUT2D eigenvalue weighted by Crippen LogP contribution is -2.13. The standard InChI is InChI=1S/C9H16F2O3/c1-2-4-13-6-8(12)3-5-14-7-9(10)11/h9H,2-7H2,1H3. The summed E-state index contributed by atoms with van der Waals surface area (Å²) in [4.78, 5) is 11.0. The normalized spacial score (nSPS) is 10.9. The van der Waals surface area contributed by atoms with E-state index in [1.807, 2.05) is 6.92 Å². The first-order valence-electron chi connectivity index (χ1n) is 4.62. The fourth-order valence-electron chi connectivity index (χ4n) is 0.761. The Hall–Kier alpha value is -0.550. The average Bonchev–Trinajstić information content (AvgIpc) is 2.13. The van der Waals surface area contributed by atoms with Crippen molar-refractivity contribution in [2.24, 2.45) is 0 Å². The third kappa shape index (κ3) is 9.54. The second kappa shape index (κ2) is 9.02. The van der Waals surface area contributed by atoms with Crippen LogP contribution in [0.25, 0.3) is 0 Å². The van der Waals surface area contributed by atoms with Gasteiger partial charge in [-0.15, -0.1) is 0 Å². The van der Waals surface area contributed by atoms with E-state index in [1.54, 1.807) is 0 Å². The smallest absolute Gasteiger partial charge is 0.261 e. The Bertz CT molecular complexity index is 151. The van der Waals surface area contributed by atoms with Gasteiger partial charge in [0, 0.05) is 13.0 Å². The van der Waals surface area contributed by atoms with Gasteiger partial charge in [-0.1, -0.05) is 6.92 Å². The van der Waals surface area contributed by atoms with Crippen molar-refractivity contribution in [2.45, 2.75) is 26.2 Å². The zero-order valence-corrected chi connectivity index (χ0v) is 8.30. The van der Waals surface area contributed by atoms with Gasteiger partial charge in [0.15, 0.2) is 5.78 Å². The Morgan fingerprint density at radius 1 is 1.29 bits per heavy atom. The van der Waals surface area contributed by atoms with Crippen LogP contribution in [0.5, 0.6) is 0 Å². The number of hydrogen-bond acceptors (Lipinski definition) is 3. The number of ketones is 1. The molecule has 0 radical (unpaired) electrons. The molecule has 0 heterocycles. The summed E-state index contributed by atoms with van der Waals surface area (Å²) >= 11 is 0. The summed E-state index contributed by atoms with van der Waals surface area (Å²) in [5.74, 6) is -0.118. The minimum Gasteiger partial charge on any atom is -0.375 e. The van der Waals surface area contributed by atoms with Crippen molar-refractivity contribution in [3.8, 4) is 0 Å². The van der Waals surface area contributed by atoms with Crippen LogP contribution < -0.4 is 0 Å². The van der Waals surface area contributed by atoms with Gasteiger partial charge in [-0.2, -0.15) is 0 Å². The molecule has 0 bridgehead atoms. The predicted octanol–water partition coefficient (Wildman–Crippen LogP) is 1.65. The van der Waals surface area contributed by atoms with Gasteiger partial charge >= 0.3 is 0 Å². The highest BCUT2D eigenvalue weighted by molar-refractivity contribution is 5.79. The van der Waals surface area contributed by atoms with E-state index in [9.17, 15) is 13.6 Å². The van der Waals surface area contributed by atoms with E-state index in [0.717, 1.165) is 6.42 Å². The molecule has 0 aliphatic rings. The molecule has 0 aromatic carbocycles. The van der Waals surface area contributed by atoms with E-state index < -0.39 is 13.0 Å². The number of Topliss-reactive ketones (excluding diaryl/α,β-unsaturated/α-hetero) is 1. The summed E-state index contributed by atoms with van der Waals surface area (Å²) in [7, 11) is 0. The van der Waals surface area contributed by atoms with Crippen LogP contribution in [0.1, 0.15) is 19.8 Å². The van der Waals surface area contributed by atoms with Crippen LogP contribution >= 0.6 is 0 Å². The van der Waals surface area contributed by atoms with Gasteiger partial charge in [-0.25, -0.2) is 8.78 Å². The van der Waals surface area contributed by atoms with Crippen LogP contribution in [-0.4, -0.2) is 38.6 Å². The van der Waals surface area contributed by atoms with E-state index in [1.165, 1.54) is 0 Å². The Morgan fingerprint density at radius 3 is 2.57 bits per heavy atom. The maximum atomic E-state index is 11.6. The summed E-state index contributed by atoms with van der Waals surface area (Å²) in [6.45, 7) is 1.97. The number of rotatable bonds is 9. The van der Waals surface area contributed by atoms with Crippen molar-refractivity contribution < 1.29 is 23.0 Å². The van der Waals surface area contributed by atoms with Crippen molar-refractivity contribution in [3.63, 3.8) is 0 Å². The molecule has 0 amide bonds. The topological polar surface area (TPSA) is 35.5 Å². The molecule has 84 valence electrons. The predicted molar refractivity (Wildman–Crippen MR) is 47.6 cm³/mol. The highest BCUT2D eigenvalue weighted by atomic mass is 19.3. The minimum absolute atomic E-state index is 0.0403. The summed E-state index contributed by atoms with van der Waals surface area (Å²) < 4.78 is 32.7. The van der Waals surface area contributed by atoms with Gasteiger partial charge in [-0.05, 0) is 6.42 Å². The lowest BCUT2D eigenvalue weighted by molar-refractivity contribution is -0.125. The quantitative estimate of drug-likeness (QED) is 0.543. The number of alkyl halides is 2. The SMILES string of the molecule is CCCOCC(=O)CCOCC(F)F. The van der Waals surface area contributed by atoms with Gasteiger partial charge in [0.05, 0.1) is 6.61 Å². The van der Waals surface area contributed by atoms with Gasteiger partial charge < -0.3 is 9.47 Å². The Kier molecular flexibility index (Phi) is 8.67. The van der Waals surface area contributed by atoms with E-state index in [2.05, 4.69) is 4.74 Å². The van der Waals surface area contributed by atoms with E-state index in [4.69, 9.17) is 4.74 Å². The van der Waals surface area contributed by atoms with Crippen molar-refractivity contribution >= 4 is 5.78 Å². The Balaban J connectivity index is 3.18. The third-order valence-corrected chi connectivity index (χ3v) is 1.38. The first-order chi connectivity index (χ1) is 6.66. The van der Waals surface area contributed by atoms with Crippen LogP contribution in [0, 0.1) is 0 Å².